The van der Waals surface area contributed by atoms with Crippen molar-refractivity contribution < 1.29 is 0 Å². The average Bonchev–Trinajstić information content (AvgIpc) is 2.13. The second-order valence-electron chi connectivity index (χ2n) is 4.54. The fourth-order valence-electron chi connectivity index (χ4n) is 1.82. The van der Waals surface area contributed by atoms with Crippen LogP contribution >= 0.6 is 0 Å². The van der Waals surface area contributed by atoms with Gasteiger partial charge in [0.15, 0.2) is 0 Å². The summed E-state index contributed by atoms with van der Waals surface area (Å²) in [5.41, 5.74) is 6.95. The highest BCUT2D eigenvalue weighted by molar-refractivity contribution is 5.11. The third-order valence-corrected chi connectivity index (χ3v) is 3.07. The Morgan fingerprint density at radius 1 is 1.53 bits per heavy atom. The zero-order valence-electron chi connectivity index (χ0n) is 9.32. The zero-order valence-corrected chi connectivity index (χ0v) is 9.32. The molecule has 0 saturated heterocycles. The molecule has 15 heavy (non-hydrogen) atoms. The Morgan fingerprint density at radius 3 is 2.93 bits per heavy atom. The lowest BCUT2D eigenvalue weighted by atomic mass is 9.83. The molecule has 3 heteroatoms. The van der Waals surface area contributed by atoms with Gasteiger partial charge in [-0.3, -0.25) is 0 Å². The molecule has 2 rings (SSSR count). The van der Waals surface area contributed by atoms with E-state index in [0.717, 1.165) is 18.7 Å². The van der Waals surface area contributed by atoms with Crippen LogP contribution in [0.4, 0.5) is 0 Å². The molecule has 1 aliphatic rings. The van der Waals surface area contributed by atoms with Crippen LogP contribution in [0.1, 0.15) is 50.0 Å². The summed E-state index contributed by atoms with van der Waals surface area (Å²) in [6, 6.07) is 2.29. The molecule has 3 nitrogen and oxygen atoms in total. The summed E-state index contributed by atoms with van der Waals surface area (Å²) in [4.78, 5) is 8.89. The maximum atomic E-state index is 5.72. The summed E-state index contributed by atoms with van der Waals surface area (Å²) in [6.07, 6.45) is 7.70. The molecule has 1 atom stereocenters. The summed E-state index contributed by atoms with van der Waals surface area (Å²) in [5.74, 6) is 1.65. The van der Waals surface area contributed by atoms with Gasteiger partial charge in [-0.1, -0.05) is 6.42 Å². The highest BCUT2D eigenvalue weighted by atomic mass is 14.9. The van der Waals surface area contributed by atoms with Gasteiger partial charge in [0.2, 0.25) is 0 Å². The van der Waals surface area contributed by atoms with Crippen molar-refractivity contribution in [2.45, 2.75) is 51.0 Å². The molecule has 0 amide bonds. The summed E-state index contributed by atoms with van der Waals surface area (Å²) >= 11 is 0. The number of aryl methyl sites for hydroxylation is 1. The van der Waals surface area contributed by atoms with E-state index in [1.54, 1.807) is 0 Å². The minimum atomic E-state index is 0.237. The molecule has 1 aliphatic carbocycles. The highest BCUT2D eigenvalue weighted by Gasteiger charge is 2.20. The topological polar surface area (TPSA) is 51.8 Å². The Hall–Kier alpha value is -0.960. The van der Waals surface area contributed by atoms with E-state index in [9.17, 15) is 0 Å². The van der Waals surface area contributed by atoms with Crippen LogP contribution in [0.5, 0.6) is 0 Å². The lowest BCUT2D eigenvalue weighted by Crippen LogP contribution is -2.17. The molecule has 0 bridgehead atoms. The minimum absolute atomic E-state index is 0.237. The van der Waals surface area contributed by atoms with Gasteiger partial charge in [-0.25, -0.2) is 9.97 Å². The average molecular weight is 205 g/mol. The second-order valence-corrected chi connectivity index (χ2v) is 4.54. The first kappa shape index (κ1) is 10.6. The van der Waals surface area contributed by atoms with Crippen molar-refractivity contribution in [2.75, 3.05) is 0 Å². The number of nitrogens with two attached hydrogens (primary N) is 1. The number of nitrogens with zero attached hydrogens (tertiary/aromatic N) is 2. The Labute approximate surface area is 91.1 Å². The third-order valence-electron chi connectivity index (χ3n) is 3.07. The molecular formula is C12H19N3. The number of rotatable bonds is 4. The van der Waals surface area contributed by atoms with Crippen molar-refractivity contribution in [1.29, 1.82) is 0 Å². The van der Waals surface area contributed by atoms with E-state index in [4.69, 9.17) is 5.73 Å². The van der Waals surface area contributed by atoms with Crippen LogP contribution in [-0.4, -0.2) is 16.0 Å². The van der Waals surface area contributed by atoms with Gasteiger partial charge in [0.05, 0.1) is 0 Å². The first-order valence-corrected chi connectivity index (χ1v) is 5.83. The van der Waals surface area contributed by atoms with Crippen LogP contribution in [0.25, 0.3) is 0 Å². The molecule has 2 N–H and O–H groups in total. The third kappa shape index (κ3) is 2.75. The van der Waals surface area contributed by atoms with E-state index in [2.05, 4.69) is 16.0 Å². The molecule has 1 aromatic heterocycles. The van der Waals surface area contributed by atoms with E-state index in [1.807, 2.05) is 13.1 Å². The van der Waals surface area contributed by atoms with Gasteiger partial charge in [-0.15, -0.1) is 0 Å². The van der Waals surface area contributed by atoms with E-state index < -0.39 is 0 Å². The van der Waals surface area contributed by atoms with Crippen molar-refractivity contribution in [3.05, 3.63) is 23.8 Å². The summed E-state index contributed by atoms with van der Waals surface area (Å²) in [6.45, 7) is 2.02. The Balaban J connectivity index is 1.98. The predicted octanol–water partition coefficient (Wildman–Crippen LogP) is 2.02. The predicted molar refractivity (Wildman–Crippen MR) is 60.6 cm³/mol. The molecule has 1 fully saturated rings. The maximum Gasteiger partial charge on any atom is 0.128 e. The molecule has 1 saturated carbocycles. The van der Waals surface area contributed by atoms with Crippen LogP contribution < -0.4 is 5.73 Å². The van der Waals surface area contributed by atoms with Crippen LogP contribution in [0.3, 0.4) is 0 Å². The largest absolute Gasteiger partial charge is 0.328 e. The summed E-state index contributed by atoms with van der Waals surface area (Å²) < 4.78 is 0. The van der Waals surface area contributed by atoms with Crippen molar-refractivity contribution in [3.8, 4) is 0 Å². The summed E-state index contributed by atoms with van der Waals surface area (Å²) in [5, 5.41) is 0. The van der Waals surface area contributed by atoms with Crippen LogP contribution in [-0.2, 0) is 6.42 Å². The lowest BCUT2D eigenvalue weighted by Gasteiger charge is -2.24. The van der Waals surface area contributed by atoms with E-state index in [-0.39, 0.29) is 6.04 Å². The lowest BCUT2D eigenvalue weighted by molar-refractivity contribution is 0.409. The van der Waals surface area contributed by atoms with Gasteiger partial charge in [-0.05, 0) is 32.3 Å². The molecule has 0 spiro atoms. The minimum Gasteiger partial charge on any atom is -0.328 e. The highest BCUT2D eigenvalue weighted by Crippen LogP contribution is 2.34. The molecule has 82 valence electrons. The van der Waals surface area contributed by atoms with E-state index >= 15 is 0 Å². The van der Waals surface area contributed by atoms with Gasteiger partial charge in [0.25, 0.3) is 0 Å². The second kappa shape index (κ2) is 4.71. The van der Waals surface area contributed by atoms with Crippen molar-refractivity contribution in [1.82, 2.24) is 9.97 Å². The van der Waals surface area contributed by atoms with Gasteiger partial charge >= 0.3 is 0 Å². The number of hydrogen-bond acceptors (Lipinski definition) is 3. The molecule has 0 radical (unpaired) electrons. The van der Waals surface area contributed by atoms with Crippen LogP contribution in [0.15, 0.2) is 12.3 Å². The monoisotopic (exact) mass is 205 g/mol. The quantitative estimate of drug-likeness (QED) is 0.818. The fourth-order valence-corrected chi connectivity index (χ4v) is 1.82. The fraction of sp³-hybridized carbons (Fsp3) is 0.667. The molecule has 0 aliphatic heterocycles. The number of aromatic nitrogens is 2. The van der Waals surface area contributed by atoms with E-state index in [1.165, 1.54) is 25.0 Å². The van der Waals surface area contributed by atoms with Gasteiger partial charge in [0.1, 0.15) is 5.82 Å². The smallest absolute Gasteiger partial charge is 0.128 e. The molecular weight excluding hydrogens is 186 g/mol. The van der Waals surface area contributed by atoms with Crippen molar-refractivity contribution in [2.24, 2.45) is 5.73 Å². The molecule has 1 heterocycles. The first-order chi connectivity index (χ1) is 7.25. The van der Waals surface area contributed by atoms with Gasteiger partial charge in [0, 0.05) is 30.3 Å². The SMILES string of the molecule is CC(N)CCc1nccc(C2CCC2)n1. The number of hydrogen-bond donors (Lipinski definition) is 1. The zero-order chi connectivity index (χ0) is 10.7. The van der Waals surface area contributed by atoms with E-state index in [0.29, 0.717) is 5.92 Å². The van der Waals surface area contributed by atoms with Crippen molar-refractivity contribution >= 4 is 0 Å². The Morgan fingerprint density at radius 2 is 2.33 bits per heavy atom. The van der Waals surface area contributed by atoms with Crippen molar-refractivity contribution in [3.63, 3.8) is 0 Å². The summed E-state index contributed by atoms with van der Waals surface area (Å²) in [7, 11) is 0. The Bertz CT molecular complexity index is 318. The Kier molecular flexibility index (Phi) is 3.31. The van der Waals surface area contributed by atoms with Crippen LogP contribution in [0.2, 0.25) is 0 Å². The van der Waals surface area contributed by atoms with Crippen LogP contribution in [0, 0.1) is 0 Å². The molecule has 1 unspecified atom stereocenters. The molecule has 1 aromatic rings. The molecule has 0 aromatic carbocycles. The maximum absolute atomic E-state index is 5.72. The van der Waals surface area contributed by atoms with Gasteiger partial charge in [-0.2, -0.15) is 0 Å². The van der Waals surface area contributed by atoms with Gasteiger partial charge < -0.3 is 5.73 Å². The normalized spacial score (nSPS) is 18.5. The first-order valence-electron chi connectivity index (χ1n) is 5.83. The standard InChI is InChI=1S/C12H19N3/c1-9(13)5-6-12-14-8-7-11(15-12)10-3-2-4-10/h7-10H,2-6,13H2,1H3.